The number of rotatable bonds is 1. The van der Waals surface area contributed by atoms with Crippen molar-refractivity contribution < 1.29 is 5.11 Å². The van der Waals surface area contributed by atoms with Crippen LogP contribution in [0.1, 0.15) is 113 Å². The van der Waals surface area contributed by atoms with Crippen LogP contribution in [-0.2, 0) is 0 Å². The number of hydrogen-bond acceptors (Lipinski definition) is 1. The zero-order valence-corrected chi connectivity index (χ0v) is 21.7. The minimum Gasteiger partial charge on any atom is -0.393 e. The third-order valence-corrected chi connectivity index (χ3v) is 13.5. The van der Waals surface area contributed by atoms with E-state index in [-0.39, 0.29) is 11.5 Å². The standard InChI is InChI=1S/C30H50O/c1-19(2)20-11-14-27(5)17-18-29(7)21(25(20)27)9-10-23-28(6)15-13-24(31)26(3,4)22(28)12-16-30(23,29)8/h20-25,31H,1,9-18H2,2-8H3/t20?,21?,22?,23?,24?,25?,27?,28?,29-,30-/m1/s1. The van der Waals surface area contributed by atoms with Crippen LogP contribution in [0.2, 0.25) is 0 Å². The Balaban J connectivity index is 1.54. The Labute approximate surface area is 192 Å². The lowest BCUT2D eigenvalue weighted by Gasteiger charge is -2.73. The average Bonchev–Trinajstić information content (AvgIpc) is 3.04. The van der Waals surface area contributed by atoms with Gasteiger partial charge in [0, 0.05) is 0 Å². The zero-order chi connectivity index (χ0) is 22.6. The third kappa shape index (κ3) is 2.65. The molecule has 0 spiro atoms. The van der Waals surface area contributed by atoms with Gasteiger partial charge in [-0.1, -0.05) is 53.7 Å². The van der Waals surface area contributed by atoms with Gasteiger partial charge in [-0.25, -0.2) is 0 Å². The van der Waals surface area contributed by atoms with Crippen molar-refractivity contribution in [3.63, 3.8) is 0 Å². The second kappa shape index (κ2) is 6.64. The molecule has 176 valence electrons. The maximum absolute atomic E-state index is 10.9. The van der Waals surface area contributed by atoms with Gasteiger partial charge in [0.2, 0.25) is 0 Å². The Morgan fingerprint density at radius 1 is 0.742 bits per heavy atom. The summed E-state index contributed by atoms with van der Waals surface area (Å²) < 4.78 is 0. The highest BCUT2D eigenvalue weighted by molar-refractivity contribution is 5.21. The number of aliphatic hydroxyl groups is 1. The fraction of sp³-hybridized carbons (Fsp3) is 0.933. The molecule has 5 rings (SSSR count). The summed E-state index contributed by atoms with van der Waals surface area (Å²) in [6.07, 6.45) is 13.4. The van der Waals surface area contributed by atoms with Gasteiger partial charge in [-0.05, 0) is 128 Å². The molecule has 0 aromatic rings. The van der Waals surface area contributed by atoms with Crippen molar-refractivity contribution in [1.29, 1.82) is 0 Å². The zero-order valence-electron chi connectivity index (χ0n) is 21.7. The van der Waals surface area contributed by atoms with Gasteiger partial charge in [-0.3, -0.25) is 0 Å². The lowest BCUT2D eigenvalue weighted by Crippen LogP contribution is -2.66. The highest BCUT2D eigenvalue weighted by Crippen LogP contribution is 2.77. The first-order chi connectivity index (χ1) is 14.3. The second-order valence-corrected chi connectivity index (χ2v) is 14.7. The van der Waals surface area contributed by atoms with Gasteiger partial charge in [-0.15, -0.1) is 0 Å². The summed E-state index contributed by atoms with van der Waals surface area (Å²) in [5.74, 6) is 3.98. The Morgan fingerprint density at radius 3 is 2.13 bits per heavy atom. The van der Waals surface area contributed by atoms with Crippen molar-refractivity contribution in [2.24, 2.45) is 56.7 Å². The normalized spacial score (nSPS) is 57.9. The Morgan fingerprint density at radius 2 is 1.45 bits per heavy atom. The average molecular weight is 427 g/mol. The molecule has 5 aliphatic carbocycles. The number of allylic oxidation sites excluding steroid dienone is 1. The van der Waals surface area contributed by atoms with E-state index in [4.69, 9.17) is 0 Å². The van der Waals surface area contributed by atoms with Crippen LogP contribution in [0.3, 0.4) is 0 Å². The van der Waals surface area contributed by atoms with Crippen molar-refractivity contribution in [1.82, 2.24) is 0 Å². The highest BCUT2D eigenvalue weighted by Gasteiger charge is 2.70. The predicted octanol–water partition coefficient (Wildman–Crippen LogP) is 8.02. The Kier molecular flexibility index (Phi) is 4.82. The molecule has 10 atom stereocenters. The molecular weight excluding hydrogens is 376 g/mol. The van der Waals surface area contributed by atoms with Crippen LogP contribution in [0.5, 0.6) is 0 Å². The van der Waals surface area contributed by atoms with Gasteiger partial charge in [0.05, 0.1) is 6.10 Å². The van der Waals surface area contributed by atoms with Crippen molar-refractivity contribution in [3.05, 3.63) is 12.2 Å². The maximum Gasteiger partial charge on any atom is 0.0594 e. The lowest BCUT2D eigenvalue weighted by molar-refractivity contribution is -0.246. The number of fused-ring (bicyclic) bond motifs is 7. The molecule has 5 fully saturated rings. The Hall–Kier alpha value is -0.300. The maximum atomic E-state index is 10.9. The van der Waals surface area contributed by atoms with E-state index in [9.17, 15) is 5.11 Å². The number of hydrogen-bond donors (Lipinski definition) is 1. The third-order valence-electron chi connectivity index (χ3n) is 13.5. The van der Waals surface area contributed by atoms with Crippen LogP contribution in [0.15, 0.2) is 12.2 Å². The van der Waals surface area contributed by atoms with E-state index in [0.29, 0.717) is 27.6 Å². The van der Waals surface area contributed by atoms with Crippen LogP contribution >= 0.6 is 0 Å². The van der Waals surface area contributed by atoms with Gasteiger partial charge >= 0.3 is 0 Å². The Bertz CT molecular complexity index is 766. The summed E-state index contributed by atoms with van der Waals surface area (Å²) in [5.41, 5.74) is 3.38. The molecule has 8 unspecified atom stereocenters. The summed E-state index contributed by atoms with van der Waals surface area (Å²) in [5, 5.41) is 10.9. The summed E-state index contributed by atoms with van der Waals surface area (Å²) in [4.78, 5) is 0. The monoisotopic (exact) mass is 426 g/mol. The molecule has 5 saturated carbocycles. The smallest absolute Gasteiger partial charge is 0.0594 e. The minimum atomic E-state index is -0.118. The first-order valence-electron chi connectivity index (χ1n) is 13.6. The molecular formula is C30H50O. The van der Waals surface area contributed by atoms with E-state index in [2.05, 4.69) is 55.0 Å². The van der Waals surface area contributed by atoms with E-state index in [0.717, 1.165) is 30.1 Å². The van der Waals surface area contributed by atoms with E-state index in [1.165, 1.54) is 63.4 Å². The SMILES string of the molecule is C=C(C)C1CCC2(C)CC[C@]3(C)C(CCC4C5(C)CCC(O)C(C)(C)C5CC[C@]43C)C12. The van der Waals surface area contributed by atoms with Crippen LogP contribution < -0.4 is 0 Å². The second-order valence-electron chi connectivity index (χ2n) is 14.7. The molecule has 31 heavy (non-hydrogen) atoms. The molecule has 0 aromatic carbocycles. The molecule has 0 bridgehead atoms. The first-order valence-corrected chi connectivity index (χ1v) is 13.6. The van der Waals surface area contributed by atoms with Crippen LogP contribution in [0.25, 0.3) is 0 Å². The molecule has 0 radical (unpaired) electrons. The largest absolute Gasteiger partial charge is 0.393 e. The highest BCUT2D eigenvalue weighted by atomic mass is 16.3. The molecule has 1 heteroatoms. The molecule has 0 saturated heterocycles. The summed E-state index contributed by atoms with van der Waals surface area (Å²) in [6, 6.07) is 0. The topological polar surface area (TPSA) is 20.2 Å². The van der Waals surface area contributed by atoms with Gasteiger partial charge in [0.1, 0.15) is 0 Å². The quantitative estimate of drug-likeness (QED) is 0.421. The van der Waals surface area contributed by atoms with Gasteiger partial charge in [-0.2, -0.15) is 0 Å². The van der Waals surface area contributed by atoms with E-state index >= 15 is 0 Å². The van der Waals surface area contributed by atoms with Gasteiger partial charge in [0.25, 0.3) is 0 Å². The number of aliphatic hydroxyl groups excluding tert-OH is 1. The molecule has 0 aliphatic heterocycles. The van der Waals surface area contributed by atoms with E-state index < -0.39 is 0 Å². The van der Waals surface area contributed by atoms with Crippen LogP contribution in [0, 0.1) is 56.7 Å². The van der Waals surface area contributed by atoms with Crippen molar-refractivity contribution in [3.8, 4) is 0 Å². The van der Waals surface area contributed by atoms with Crippen molar-refractivity contribution >= 4 is 0 Å². The lowest BCUT2D eigenvalue weighted by atomic mass is 9.32. The van der Waals surface area contributed by atoms with Crippen molar-refractivity contribution in [2.75, 3.05) is 0 Å². The van der Waals surface area contributed by atoms with Gasteiger partial charge in [0.15, 0.2) is 0 Å². The molecule has 0 heterocycles. The molecule has 5 aliphatic rings. The minimum absolute atomic E-state index is 0.0632. The van der Waals surface area contributed by atoms with Crippen molar-refractivity contribution in [2.45, 2.75) is 119 Å². The fourth-order valence-electron chi connectivity index (χ4n) is 11.5. The van der Waals surface area contributed by atoms with Crippen LogP contribution in [0.4, 0.5) is 0 Å². The summed E-state index contributed by atoms with van der Waals surface area (Å²) in [7, 11) is 0. The predicted molar refractivity (Wildman–Crippen MR) is 131 cm³/mol. The van der Waals surface area contributed by atoms with E-state index in [1.807, 2.05) is 0 Å². The molecule has 1 N–H and O–H groups in total. The molecule has 0 amide bonds. The fourth-order valence-corrected chi connectivity index (χ4v) is 11.5. The summed E-state index contributed by atoms with van der Waals surface area (Å²) in [6.45, 7) is 22.3. The first kappa shape index (κ1) is 22.5. The summed E-state index contributed by atoms with van der Waals surface area (Å²) >= 11 is 0. The van der Waals surface area contributed by atoms with Crippen LogP contribution in [-0.4, -0.2) is 11.2 Å². The molecule has 0 aromatic heterocycles. The van der Waals surface area contributed by atoms with Gasteiger partial charge < -0.3 is 5.11 Å². The molecule has 1 nitrogen and oxygen atoms in total. The van der Waals surface area contributed by atoms with E-state index in [1.54, 1.807) is 0 Å².